The van der Waals surface area contributed by atoms with E-state index in [0.717, 1.165) is 0 Å². The summed E-state index contributed by atoms with van der Waals surface area (Å²) in [6.07, 6.45) is -26.4. The highest BCUT2D eigenvalue weighted by Gasteiger charge is 2.55. The molecule has 334 valence electrons. The van der Waals surface area contributed by atoms with Crippen LogP contribution in [0.25, 0.3) is 0 Å². The van der Waals surface area contributed by atoms with E-state index < -0.39 is 159 Å². The first-order valence-corrected chi connectivity index (χ1v) is 19.6. The van der Waals surface area contributed by atoms with Crippen LogP contribution in [0.2, 0.25) is 0 Å². The van der Waals surface area contributed by atoms with Gasteiger partial charge >= 0.3 is 0 Å². The molecule has 23 atom stereocenters. The molecule has 0 unspecified atom stereocenters. The van der Waals surface area contributed by atoms with Crippen molar-refractivity contribution in [3.05, 3.63) is 0 Å². The number of ether oxygens (including phenoxy) is 9. The molecule has 5 rings (SSSR count). The number of hydrogen-bond acceptors (Lipinski definition) is 19. The van der Waals surface area contributed by atoms with Crippen LogP contribution in [0.15, 0.2) is 0 Å². The normalized spacial score (nSPS) is 48.8. The molecule has 3 amide bonds. The van der Waals surface area contributed by atoms with Crippen LogP contribution in [0.5, 0.6) is 0 Å². The lowest BCUT2D eigenvalue weighted by Crippen LogP contribution is -2.67. The van der Waals surface area contributed by atoms with Crippen LogP contribution in [-0.4, -0.2) is 195 Å². The van der Waals surface area contributed by atoms with Crippen LogP contribution in [0.1, 0.15) is 68.2 Å². The van der Waals surface area contributed by atoms with Crippen LogP contribution in [0, 0.1) is 0 Å². The highest BCUT2D eigenvalue weighted by Crippen LogP contribution is 2.36. The van der Waals surface area contributed by atoms with Crippen molar-refractivity contribution >= 4 is 17.7 Å². The molecule has 0 aliphatic carbocycles. The van der Waals surface area contributed by atoms with E-state index in [-0.39, 0.29) is 12.8 Å². The van der Waals surface area contributed by atoms with Crippen LogP contribution in [-0.2, 0) is 57.0 Å². The van der Waals surface area contributed by atoms with Gasteiger partial charge in [0.2, 0.25) is 17.7 Å². The summed E-state index contributed by atoms with van der Waals surface area (Å²) in [4.78, 5) is 35.6. The van der Waals surface area contributed by atoms with E-state index >= 15 is 0 Å². The van der Waals surface area contributed by atoms with Gasteiger partial charge in [-0.2, -0.15) is 0 Å². The molecule has 0 radical (unpaired) electrons. The van der Waals surface area contributed by atoms with Gasteiger partial charge in [-0.05, 0) is 34.6 Å². The maximum atomic E-state index is 12.0. The van der Waals surface area contributed by atoms with E-state index in [0.29, 0.717) is 0 Å². The first-order chi connectivity index (χ1) is 27.2. The lowest BCUT2D eigenvalue weighted by Gasteiger charge is -2.50. The van der Waals surface area contributed by atoms with Crippen molar-refractivity contribution in [3.8, 4) is 0 Å². The molecule has 22 heteroatoms. The molecule has 58 heavy (non-hydrogen) atoms. The first-order valence-electron chi connectivity index (χ1n) is 19.6. The largest absolute Gasteiger partial charge is 0.388 e. The molecule has 10 N–H and O–H groups in total. The summed E-state index contributed by atoms with van der Waals surface area (Å²) < 4.78 is 54.4. The zero-order valence-electron chi connectivity index (χ0n) is 33.7. The van der Waals surface area contributed by atoms with Crippen molar-refractivity contribution in [2.24, 2.45) is 0 Å². The number of aliphatic hydroxyl groups is 7. The average molecular weight is 840 g/mol. The molecule has 5 aliphatic rings. The minimum Gasteiger partial charge on any atom is -0.388 e. The van der Waals surface area contributed by atoms with Gasteiger partial charge in [-0.15, -0.1) is 0 Å². The zero-order chi connectivity index (χ0) is 42.9. The smallest absolute Gasteiger partial charge is 0.217 e. The Morgan fingerprint density at radius 1 is 0.448 bits per heavy atom. The molecule has 0 aromatic carbocycles. The first kappa shape index (κ1) is 46.8. The molecule has 0 bridgehead atoms. The Bertz CT molecular complexity index is 1400. The fourth-order valence-electron chi connectivity index (χ4n) is 8.07. The molecular formula is C36H61N3O19. The second kappa shape index (κ2) is 19.6. The summed E-state index contributed by atoms with van der Waals surface area (Å²) in [7, 11) is 0. The lowest BCUT2D eigenvalue weighted by molar-refractivity contribution is -0.394. The van der Waals surface area contributed by atoms with Gasteiger partial charge in [-0.3, -0.25) is 14.4 Å². The third kappa shape index (κ3) is 10.8. The monoisotopic (exact) mass is 839 g/mol. The van der Waals surface area contributed by atoms with Gasteiger partial charge in [0, 0.05) is 33.6 Å². The second-order valence-electron chi connectivity index (χ2n) is 15.9. The van der Waals surface area contributed by atoms with Crippen LogP contribution >= 0.6 is 0 Å². The Labute approximate surface area is 335 Å². The number of carbonyl (C=O) groups excluding carboxylic acids is 3. The highest BCUT2D eigenvalue weighted by atomic mass is 16.8. The molecule has 5 fully saturated rings. The highest BCUT2D eigenvalue weighted by molar-refractivity contribution is 5.74. The Kier molecular flexibility index (Phi) is 15.9. The lowest BCUT2D eigenvalue weighted by atomic mass is 9.95. The van der Waals surface area contributed by atoms with Crippen molar-refractivity contribution in [3.63, 3.8) is 0 Å². The fourth-order valence-corrected chi connectivity index (χ4v) is 8.07. The summed E-state index contributed by atoms with van der Waals surface area (Å²) in [5, 5.41) is 85.4. The molecule has 0 saturated carbocycles. The summed E-state index contributed by atoms with van der Waals surface area (Å²) in [5.74, 6) is -1.30. The molecule has 0 spiro atoms. The van der Waals surface area contributed by atoms with Crippen LogP contribution in [0.4, 0.5) is 0 Å². The van der Waals surface area contributed by atoms with Crippen molar-refractivity contribution in [2.75, 3.05) is 0 Å². The van der Waals surface area contributed by atoms with Crippen molar-refractivity contribution in [1.29, 1.82) is 0 Å². The Hall–Kier alpha value is -2.23. The maximum Gasteiger partial charge on any atom is 0.217 e. The SMILES string of the molecule is CC(=O)N[C@H]1[C@H](O)[C@@H](O)[C@H](O[C@@H]2[C@@H](O[C@H]3C[C@@H](NC(C)=O)[C@H](O)[C@@H](C)O3)[C@H](O[C@@H]3O[C@H](C)[C@@H](O)[C@H](O[C@H]4C[C@@H](NC(C)=O)[C@H](O)[C@@H](C)O4)[C@H]3O)[C@@H](C)O[C@@H]2O)O[C@@H]1C. The molecule has 5 heterocycles. The van der Waals surface area contributed by atoms with E-state index in [9.17, 15) is 50.1 Å². The molecule has 5 aliphatic heterocycles. The number of hydrogen-bond donors (Lipinski definition) is 10. The quantitative estimate of drug-likeness (QED) is 0.0941. The molecular weight excluding hydrogens is 778 g/mol. The topological polar surface area (TPSA) is 312 Å². The fraction of sp³-hybridized carbons (Fsp3) is 0.917. The molecule has 0 aromatic heterocycles. The van der Waals surface area contributed by atoms with Gasteiger partial charge in [0.25, 0.3) is 0 Å². The standard InChI is InChI=1S/C36H61N3O19/c1-11-23(39-18(8)42)27(46)28(47)35(53-11)58-33-32(56-22-10-20(38-17(7)41)25(44)13(3)51-22)30(15(5)52-34(33)49)57-36-29(48)31(26(45)14(4)54-36)55-21-9-19(37-16(6)40)24(43)12(2)50-21/h11-15,19-36,43-49H,9-10H2,1-8H3,(H,37,40)(H,38,41)(H,39,42)/t11-,12-,13-,14-,15-,19-,20-,21+,22+,23-,24-,25-,26-,27+,28-,29-,30-,31+,32+,33-,34+,35+,36+/m1/s1. The van der Waals surface area contributed by atoms with Gasteiger partial charge in [-0.1, -0.05) is 0 Å². The van der Waals surface area contributed by atoms with E-state index in [2.05, 4.69) is 16.0 Å². The summed E-state index contributed by atoms with van der Waals surface area (Å²) in [5.41, 5.74) is 0. The summed E-state index contributed by atoms with van der Waals surface area (Å²) in [6.45, 7) is 11.5. The van der Waals surface area contributed by atoms with Crippen molar-refractivity contribution < 1.29 is 92.8 Å². The van der Waals surface area contributed by atoms with Crippen molar-refractivity contribution in [2.45, 2.75) is 209 Å². The molecule has 22 nitrogen and oxygen atoms in total. The van der Waals surface area contributed by atoms with Gasteiger partial charge < -0.3 is 94.3 Å². The van der Waals surface area contributed by atoms with Gasteiger partial charge in [0.15, 0.2) is 31.5 Å². The predicted molar refractivity (Wildman–Crippen MR) is 191 cm³/mol. The minimum absolute atomic E-state index is 0.0237. The number of carbonyl (C=O) groups is 3. The number of nitrogens with one attached hydrogen (secondary N) is 3. The predicted octanol–water partition coefficient (Wildman–Crippen LogP) is -4.30. The number of rotatable bonds is 11. The number of aliphatic hydroxyl groups excluding tert-OH is 7. The minimum atomic E-state index is -1.79. The third-order valence-electron chi connectivity index (χ3n) is 11.1. The van der Waals surface area contributed by atoms with Crippen LogP contribution in [0.3, 0.4) is 0 Å². The Balaban J connectivity index is 1.41. The van der Waals surface area contributed by atoms with Gasteiger partial charge in [-0.25, -0.2) is 0 Å². The van der Waals surface area contributed by atoms with Crippen LogP contribution < -0.4 is 16.0 Å². The third-order valence-corrected chi connectivity index (χ3v) is 11.1. The zero-order valence-corrected chi connectivity index (χ0v) is 33.7. The van der Waals surface area contributed by atoms with Gasteiger partial charge in [0.05, 0.1) is 48.6 Å². The van der Waals surface area contributed by atoms with E-state index in [1.165, 1.54) is 41.5 Å². The maximum absolute atomic E-state index is 12.0. The second-order valence-corrected chi connectivity index (χ2v) is 15.9. The molecule has 5 saturated heterocycles. The number of amides is 3. The van der Waals surface area contributed by atoms with E-state index in [4.69, 9.17) is 42.6 Å². The Morgan fingerprint density at radius 3 is 1.41 bits per heavy atom. The van der Waals surface area contributed by atoms with E-state index in [1.807, 2.05) is 0 Å². The summed E-state index contributed by atoms with van der Waals surface area (Å²) in [6, 6.07) is -2.59. The van der Waals surface area contributed by atoms with Gasteiger partial charge in [0.1, 0.15) is 61.0 Å². The summed E-state index contributed by atoms with van der Waals surface area (Å²) >= 11 is 0. The average Bonchev–Trinajstić information content (AvgIpc) is 3.12. The molecule has 0 aromatic rings. The van der Waals surface area contributed by atoms with Crippen molar-refractivity contribution in [1.82, 2.24) is 16.0 Å². The Morgan fingerprint density at radius 2 is 0.897 bits per heavy atom. The van der Waals surface area contributed by atoms with E-state index in [1.54, 1.807) is 13.8 Å².